The van der Waals surface area contributed by atoms with Crippen molar-refractivity contribution in [3.63, 3.8) is 0 Å². The Morgan fingerprint density at radius 3 is 2.70 bits per heavy atom. The zero-order valence-electron chi connectivity index (χ0n) is 5.96. The third kappa shape index (κ3) is 4.41. The molecule has 0 rings (SSSR count). The summed E-state index contributed by atoms with van der Waals surface area (Å²) < 4.78 is 0. The van der Waals surface area contributed by atoms with Crippen molar-refractivity contribution in [3.05, 3.63) is 36.5 Å². The lowest BCUT2D eigenvalue weighted by Crippen LogP contribution is -2.00. The maximum atomic E-state index is 5.41. The molecule has 0 bridgehead atoms. The predicted molar refractivity (Wildman–Crippen MR) is 50.3 cm³/mol. The fraction of sp³-hybridized carbons (Fsp3) is 0.250. The lowest BCUT2D eigenvalue weighted by Gasteiger charge is -1.92. The molecule has 2 heteroatoms. The van der Waals surface area contributed by atoms with Crippen molar-refractivity contribution in [3.8, 4) is 0 Å². The molecular weight excluding hydrogens is 142 g/mol. The smallest absolute Gasteiger partial charge is 0.0177 e. The van der Waals surface area contributed by atoms with E-state index in [1.54, 1.807) is 6.08 Å². The highest BCUT2D eigenvalue weighted by Crippen LogP contribution is 1.94. The Kier molecular flexibility index (Phi) is 6.33. The molecule has 0 radical (unpaired) electrons. The normalized spacial score (nSPS) is 12.4. The van der Waals surface area contributed by atoms with Crippen LogP contribution in [0.5, 0.6) is 0 Å². The molecule has 0 aliphatic heterocycles. The maximum Gasteiger partial charge on any atom is 0.0177 e. The molecule has 0 aromatic carbocycles. The molecule has 0 unspecified atom stereocenters. The van der Waals surface area contributed by atoms with Crippen molar-refractivity contribution < 1.29 is 0 Å². The molecule has 0 spiro atoms. The highest BCUT2D eigenvalue weighted by molar-refractivity contribution is 7.80. The Labute approximate surface area is 67.7 Å². The van der Waals surface area contributed by atoms with Crippen molar-refractivity contribution in [2.24, 2.45) is 5.73 Å². The first kappa shape index (κ1) is 9.53. The third-order valence-corrected chi connectivity index (χ3v) is 1.22. The van der Waals surface area contributed by atoms with E-state index in [0.717, 1.165) is 11.3 Å². The summed E-state index contributed by atoms with van der Waals surface area (Å²) in [6.07, 6.45) is 7.52. The standard InChI is InChI=1S/C8H13NS/c1-2-4-8(7-9)5-3-6-10/h2-5,10H,1,6-7,9H2/b5-3-,8-4+. The summed E-state index contributed by atoms with van der Waals surface area (Å²) in [6, 6.07) is 0. The van der Waals surface area contributed by atoms with Crippen LogP contribution in [0.1, 0.15) is 0 Å². The van der Waals surface area contributed by atoms with Crippen molar-refractivity contribution in [2.45, 2.75) is 0 Å². The van der Waals surface area contributed by atoms with Gasteiger partial charge in [-0.3, -0.25) is 0 Å². The zero-order chi connectivity index (χ0) is 7.82. The molecule has 0 saturated carbocycles. The van der Waals surface area contributed by atoms with Crippen LogP contribution < -0.4 is 5.73 Å². The van der Waals surface area contributed by atoms with Gasteiger partial charge in [-0.25, -0.2) is 0 Å². The van der Waals surface area contributed by atoms with Crippen molar-refractivity contribution in [1.29, 1.82) is 0 Å². The molecule has 0 amide bonds. The first-order chi connectivity index (χ1) is 4.85. The second-order valence-electron chi connectivity index (χ2n) is 1.77. The Morgan fingerprint density at radius 1 is 1.60 bits per heavy atom. The minimum atomic E-state index is 0.552. The molecular formula is C8H13NS. The predicted octanol–water partition coefficient (Wildman–Crippen LogP) is 1.54. The highest BCUT2D eigenvalue weighted by Gasteiger charge is 1.82. The number of hydrogen-bond donors (Lipinski definition) is 2. The molecule has 0 heterocycles. The second-order valence-corrected chi connectivity index (χ2v) is 2.13. The molecule has 0 aromatic heterocycles. The Balaban J connectivity index is 3.94. The number of allylic oxidation sites excluding steroid dienone is 2. The first-order valence-corrected chi connectivity index (χ1v) is 3.77. The van der Waals surface area contributed by atoms with Gasteiger partial charge in [0, 0.05) is 12.3 Å². The van der Waals surface area contributed by atoms with E-state index in [2.05, 4.69) is 19.2 Å². The fourth-order valence-corrected chi connectivity index (χ4v) is 0.653. The van der Waals surface area contributed by atoms with Gasteiger partial charge in [0.25, 0.3) is 0 Å². The van der Waals surface area contributed by atoms with Crippen LogP contribution in [0, 0.1) is 0 Å². The zero-order valence-corrected chi connectivity index (χ0v) is 6.85. The summed E-state index contributed by atoms with van der Waals surface area (Å²) in [6.45, 7) is 4.12. The van der Waals surface area contributed by atoms with E-state index in [1.807, 2.05) is 18.2 Å². The molecule has 1 nitrogen and oxygen atoms in total. The number of nitrogens with two attached hydrogens (primary N) is 1. The van der Waals surface area contributed by atoms with Gasteiger partial charge in [0.15, 0.2) is 0 Å². The van der Waals surface area contributed by atoms with E-state index in [-0.39, 0.29) is 0 Å². The minimum absolute atomic E-state index is 0.552. The topological polar surface area (TPSA) is 26.0 Å². The van der Waals surface area contributed by atoms with Crippen LogP contribution in [-0.2, 0) is 0 Å². The van der Waals surface area contributed by atoms with Crippen molar-refractivity contribution in [2.75, 3.05) is 12.3 Å². The molecule has 0 aromatic rings. The average Bonchev–Trinajstić information content (AvgIpc) is 1.98. The summed E-state index contributed by atoms with van der Waals surface area (Å²) in [5, 5.41) is 0. The van der Waals surface area contributed by atoms with Gasteiger partial charge in [0.2, 0.25) is 0 Å². The van der Waals surface area contributed by atoms with Gasteiger partial charge in [-0.15, -0.1) is 0 Å². The lowest BCUT2D eigenvalue weighted by atomic mass is 10.2. The third-order valence-electron chi connectivity index (χ3n) is 1.00. The molecule has 0 fully saturated rings. The first-order valence-electron chi connectivity index (χ1n) is 3.14. The summed E-state index contributed by atoms with van der Waals surface area (Å²) in [5.74, 6) is 0.745. The summed E-state index contributed by atoms with van der Waals surface area (Å²) in [4.78, 5) is 0. The van der Waals surface area contributed by atoms with Crippen LogP contribution in [-0.4, -0.2) is 12.3 Å². The molecule has 10 heavy (non-hydrogen) atoms. The van der Waals surface area contributed by atoms with Gasteiger partial charge in [-0.05, 0) is 5.57 Å². The number of hydrogen-bond acceptors (Lipinski definition) is 2. The highest BCUT2D eigenvalue weighted by atomic mass is 32.1. The SMILES string of the molecule is C=C/C=C(\C=C/CS)CN. The summed E-state index contributed by atoms with van der Waals surface area (Å²) in [5.41, 5.74) is 6.48. The largest absolute Gasteiger partial charge is 0.326 e. The Bertz CT molecular complexity index is 147. The van der Waals surface area contributed by atoms with Gasteiger partial charge in [0.1, 0.15) is 0 Å². The van der Waals surface area contributed by atoms with Gasteiger partial charge in [-0.1, -0.05) is 30.9 Å². The monoisotopic (exact) mass is 155 g/mol. The Morgan fingerprint density at radius 2 is 2.30 bits per heavy atom. The average molecular weight is 155 g/mol. The fourth-order valence-electron chi connectivity index (χ4n) is 0.547. The summed E-state index contributed by atoms with van der Waals surface area (Å²) >= 11 is 4.02. The summed E-state index contributed by atoms with van der Waals surface area (Å²) in [7, 11) is 0. The van der Waals surface area contributed by atoms with Gasteiger partial charge < -0.3 is 5.73 Å². The van der Waals surface area contributed by atoms with E-state index in [1.165, 1.54) is 0 Å². The molecule has 0 saturated heterocycles. The molecule has 0 atom stereocenters. The maximum absolute atomic E-state index is 5.41. The van der Waals surface area contributed by atoms with Gasteiger partial charge >= 0.3 is 0 Å². The quantitative estimate of drug-likeness (QED) is 0.467. The van der Waals surface area contributed by atoms with Crippen LogP contribution >= 0.6 is 12.6 Å². The van der Waals surface area contributed by atoms with Gasteiger partial charge in [0.05, 0.1) is 0 Å². The van der Waals surface area contributed by atoms with Crippen LogP contribution in [0.2, 0.25) is 0 Å². The van der Waals surface area contributed by atoms with Crippen LogP contribution in [0.15, 0.2) is 36.5 Å². The van der Waals surface area contributed by atoms with Crippen LogP contribution in [0.25, 0.3) is 0 Å². The molecule has 0 aliphatic rings. The molecule has 0 aliphatic carbocycles. The minimum Gasteiger partial charge on any atom is -0.326 e. The number of rotatable bonds is 4. The van der Waals surface area contributed by atoms with Crippen LogP contribution in [0.3, 0.4) is 0 Å². The van der Waals surface area contributed by atoms with E-state index < -0.39 is 0 Å². The van der Waals surface area contributed by atoms with E-state index >= 15 is 0 Å². The van der Waals surface area contributed by atoms with Crippen molar-refractivity contribution in [1.82, 2.24) is 0 Å². The van der Waals surface area contributed by atoms with Crippen LogP contribution in [0.4, 0.5) is 0 Å². The van der Waals surface area contributed by atoms with E-state index in [9.17, 15) is 0 Å². The number of thiol groups is 1. The van der Waals surface area contributed by atoms with Crippen molar-refractivity contribution >= 4 is 12.6 Å². The van der Waals surface area contributed by atoms with Gasteiger partial charge in [-0.2, -0.15) is 12.6 Å². The lowest BCUT2D eigenvalue weighted by molar-refractivity contribution is 1.19. The molecule has 56 valence electrons. The van der Waals surface area contributed by atoms with E-state index in [4.69, 9.17) is 5.73 Å². The second kappa shape index (κ2) is 6.65. The molecule has 2 N–H and O–H groups in total. The Hall–Kier alpha value is -0.470. The van der Waals surface area contributed by atoms with E-state index in [0.29, 0.717) is 6.54 Å².